The van der Waals surface area contributed by atoms with Crippen molar-refractivity contribution < 1.29 is 0 Å². The molecule has 2 unspecified atom stereocenters. The first-order chi connectivity index (χ1) is 10.1. The van der Waals surface area contributed by atoms with E-state index in [2.05, 4.69) is 71.7 Å². The van der Waals surface area contributed by atoms with Crippen LogP contribution in [0.25, 0.3) is 0 Å². The van der Waals surface area contributed by atoms with Crippen LogP contribution in [0.15, 0.2) is 41.9 Å². The zero-order chi connectivity index (χ0) is 14.9. The highest BCUT2D eigenvalue weighted by molar-refractivity contribution is 7.09. The number of aromatic nitrogens is 1. The van der Waals surface area contributed by atoms with Gasteiger partial charge in [-0.2, -0.15) is 0 Å². The fourth-order valence-corrected chi connectivity index (χ4v) is 3.98. The average molecular weight is 301 g/mol. The second kappa shape index (κ2) is 5.87. The van der Waals surface area contributed by atoms with Crippen LogP contribution in [0.3, 0.4) is 0 Å². The molecule has 0 amide bonds. The molecular weight excluding hydrogens is 278 g/mol. The number of nitrogens with one attached hydrogen (secondary N) is 1. The quantitative estimate of drug-likeness (QED) is 0.941. The first kappa shape index (κ1) is 14.7. The third-order valence-electron chi connectivity index (χ3n) is 4.45. The Bertz CT molecular complexity index is 565. The SMILES string of the molecule is CC1CNC(c2ccccc2)CN1C(C)(C)c1nccs1. The summed E-state index contributed by atoms with van der Waals surface area (Å²) in [7, 11) is 0. The van der Waals surface area contributed by atoms with E-state index in [-0.39, 0.29) is 5.54 Å². The normalized spacial score (nSPS) is 24.1. The highest BCUT2D eigenvalue weighted by Gasteiger charge is 2.38. The predicted molar refractivity (Wildman–Crippen MR) is 88.5 cm³/mol. The number of thiazole rings is 1. The molecule has 2 heterocycles. The summed E-state index contributed by atoms with van der Waals surface area (Å²) in [6, 6.07) is 11.6. The third kappa shape index (κ3) is 2.89. The standard InChI is InChI=1S/C17H23N3S/c1-13-11-19-15(14-7-5-4-6-8-14)12-20(13)17(2,3)16-18-9-10-21-16/h4-10,13,15,19H,11-12H2,1-3H3. The van der Waals surface area contributed by atoms with Crippen LogP contribution in [0.5, 0.6) is 0 Å². The van der Waals surface area contributed by atoms with Crippen LogP contribution in [0, 0.1) is 0 Å². The molecule has 1 fully saturated rings. The van der Waals surface area contributed by atoms with Crippen LogP contribution in [0.2, 0.25) is 0 Å². The summed E-state index contributed by atoms with van der Waals surface area (Å²) >= 11 is 1.75. The Hall–Kier alpha value is -1.23. The number of hydrogen-bond donors (Lipinski definition) is 1. The Kier molecular flexibility index (Phi) is 4.11. The molecule has 0 radical (unpaired) electrons. The Morgan fingerprint density at radius 3 is 2.71 bits per heavy atom. The van der Waals surface area contributed by atoms with Gasteiger partial charge in [-0.05, 0) is 26.3 Å². The smallest absolute Gasteiger partial charge is 0.112 e. The van der Waals surface area contributed by atoms with Crippen molar-refractivity contribution in [1.29, 1.82) is 0 Å². The summed E-state index contributed by atoms with van der Waals surface area (Å²) < 4.78 is 0. The second-order valence-electron chi connectivity index (χ2n) is 6.27. The van der Waals surface area contributed by atoms with Gasteiger partial charge in [-0.15, -0.1) is 11.3 Å². The largest absolute Gasteiger partial charge is 0.307 e. The summed E-state index contributed by atoms with van der Waals surface area (Å²) in [5.74, 6) is 0. The van der Waals surface area contributed by atoms with Crippen molar-refractivity contribution in [1.82, 2.24) is 15.2 Å². The second-order valence-corrected chi connectivity index (χ2v) is 7.16. The van der Waals surface area contributed by atoms with Crippen molar-refractivity contribution in [3.05, 3.63) is 52.5 Å². The summed E-state index contributed by atoms with van der Waals surface area (Å²) in [4.78, 5) is 7.14. The minimum absolute atomic E-state index is 0.0251. The molecule has 0 bridgehead atoms. The third-order valence-corrected chi connectivity index (χ3v) is 5.53. The molecule has 0 aliphatic carbocycles. The van der Waals surface area contributed by atoms with Crippen molar-refractivity contribution in [2.24, 2.45) is 0 Å². The lowest BCUT2D eigenvalue weighted by Gasteiger charge is -2.47. The van der Waals surface area contributed by atoms with Gasteiger partial charge in [0.1, 0.15) is 5.01 Å². The van der Waals surface area contributed by atoms with Crippen molar-refractivity contribution in [3.8, 4) is 0 Å². The molecule has 1 aromatic heterocycles. The molecule has 112 valence electrons. The van der Waals surface area contributed by atoms with Crippen LogP contribution in [0.4, 0.5) is 0 Å². The number of hydrogen-bond acceptors (Lipinski definition) is 4. The van der Waals surface area contributed by atoms with Crippen LogP contribution in [-0.2, 0) is 5.54 Å². The van der Waals surface area contributed by atoms with E-state index in [1.165, 1.54) is 10.6 Å². The molecule has 1 aromatic carbocycles. The Morgan fingerprint density at radius 1 is 1.29 bits per heavy atom. The van der Waals surface area contributed by atoms with Crippen molar-refractivity contribution >= 4 is 11.3 Å². The van der Waals surface area contributed by atoms with E-state index in [1.54, 1.807) is 11.3 Å². The van der Waals surface area contributed by atoms with Gasteiger partial charge < -0.3 is 5.32 Å². The number of nitrogens with zero attached hydrogens (tertiary/aromatic N) is 2. The molecule has 1 aliphatic rings. The molecule has 21 heavy (non-hydrogen) atoms. The van der Waals surface area contributed by atoms with Gasteiger partial charge in [0.15, 0.2) is 0 Å². The Labute approximate surface area is 131 Å². The van der Waals surface area contributed by atoms with Crippen LogP contribution in [-0.4, -0.2) is 29.0 Å². The van der Waals surface area contributed by atoms with Crippen molar-refractivity contribution in [2.45, 2.75) is 38.4 Å². The molecule has 3 nitrogen and oxygen atoms in total. The molecule has 3 rings (SSSR count). The van der Waals surface area contributed by atoms with Gasteiger partial charge in [0, 0.05) is 36.8 Å². The fourth-order valence-electron chi connectivity index (χ4n) is 3.20. The van der Waals surface area contributed by atoms with Crippen LogP contribution >= 0.6 is 11.3 Å². The fraction of sp³-hybridized carbons (Fsp3) is 0.471. The van der Waals surface area contributed by atoms with E-state index in [0.29, 0.717) is 12.1 Å². The highest BCUT2D eigenvalue weighted by Crippen LogP contribution is 2.34. The topological polar surface area (TPSA) is 28.2 Å². The maximum atomic E-state index is 4.55. The van der Waals surface area contributed by atoms with Crippen LogP contribution < -0.4 is 5.32 Å². The van der Waals surface area contributed by atoms with Gasteiger partial charge in [0.2, 0.25) is 0 Å². The molecule has 0 spiro atoms. The van der Waals surface area contributed by atoms with E-state index < -0.39 is 0 Å². The van der Waals surface area contributed by atoms with Gasteiger partial charge in [-0.25, -0.2) is 4.98 Å². The van der Waals surface area contributed by atoms with Gasteiger partial charge >= 0.3 is 0 Å². The van der Waals surface area contributed by atoms with Gasteiger partial charge in [-0.3, -0.25) is 4.90 Å². The van der Waals surface area contributed by atoms with E-state index >= 15 is 0 Å². The first-order valence-corrected chi connectivity index (χ1v) is 8.42. The van der Waals surface area contributed by atoms with Crippen molar-refractivity contribution in [2.75, 3.05) is 13.1 Å². The lowest BCUT2D eigenvalue weighted by atomic mass is 9.95. The summed E-state index contributed by atoms with van der Waals surface area (Å²) in [6.45, 7) is 8.89. The predicted octanol–water partition coefficient (Wildman–Crippen LogP) is 3.41. The molecule has 0 saturated carbocycles. The molecule has 1 N–H and O–H groups in total. The van der Waals surface area contributed by atoms with E-state index in [4.69, 9.17) is 0 Å². The lowest BCUT2D eigenvalue weighted by molar-refractivity contribution is 0.0356. The van der Waals surface area contributed by atoms with Gasteiger partial charge in [0.25, 0.3) is 0 Å². The van der Waals surface area contributed by atoms with E-state index in [9.17, 15) is 0 Å². The first-order valence-electron chi connectivity index (χ1n) is 7.54. The monoisotopic (exact) mass is 301 g/mol. The van der Waals surface area contributed by atoms with Gasteiger partial charge in [0.05, 0.1) is 5.54 Å². The molecule has 2 aromatic rings. The molecule has 4 heteroatoms. The number of benzene rings is 1. The summed E-state index contributed by atoms with van der Waals surface area (Å²) in [5.41, 5.74) is 1.34. The van der Waals surface area contributed by atoms with E-state index in [1.807, 2.05) is 6.20 Å². The maximum Gasteiger partial charge on any atom is 0.112 e. The molecular formula is C17H23N3S. The van der Waals surface area contributed by atoms with E-state index in [0.717, 1.165) is 13.1 Å². The average Bonchev–Trinajstić information content (AvgIpc) is 3.03. The van der Waals surface area contributed by atoms with Crippen molar-refractivity contribution in [3.63, 3.8) is 0 Å². The zero-order valence-corrected chi connectivity index (χ0v) is 13.7. The summed E-state index contributed by atoms with van der Waals surface area (Å²) in [6.07, 6.45) is 1.91. The van der Waals surface area contributed by atoms with Crippen LogP contribution in [0.1, 0.15) is 37.4 Å². The lowest BCUT2D eigenvalue weighted by Crippen LogP contribution is -2.57. The molecule has 2 atom stereocenters. The minimum Gasteiger partial charge on any atom is -0.307 e. The highest BCUT2D eigenvalue weighted by atomic mass is 32.1. The minimum atomic E-state index is -0.0251. The Morgan fingerprint density at radius 2 is 2.05 bits per heavy atom. The molecule has 1 saturated heterocycles. The van der Waals surface area contributed by atoms with Gasteiger partial charge in [-0.1, -0.05) is 30.3 Å². The zero-order valence-electron chi connectivity index (χ0n) is 12.9. The maximum absolute atomic E-state index is 4.55. The number of piperazine rings is 1. The summed E-state index contributed by atoms with van der Waals surface area (Å²) in [5, 5.41) is 6.94. The number of rotatable bonds is 3. The Balaban J connectivity index is 1.84. The molecule has 1 aliphatic heterocycles.